The summed E-state index contributed by atoms with van der Waals surface area (Å²) in [6.45, 7) is 3.84. The first-order chi connectivity index (χ1) is 10.1. The summed E-state index contributed by atoms with van der Waals surface area (Å²) in [6, 6.07) is 0. The number of hydrogen-bond acceptors (Lipinski definition) is 2. The SMILES string of the molecule is C=CC1CCC(C(=O)CCCCCCCCC(=O)O)CC1. The van der Waals surface area contributed by atoms with Crippen LogP contribution in [0.25, 0.3) is 0 Å². The first-order valence-corrected chi connectivity index (χ1v) is 8.50. The molecule has 0 aromatic carbocycles. The lowest BCUT2D eigenvalue weighted by Crippen LogP contribution is -2.20. The van der Waals surface area contributed by atoms with Crippen LogP contribution < -0.4 is 0 Å². The Labute approximate surface area is 128 Å². The van der Waals surface area contributed by atoms with Gasteiger partial charge in [0, 0.05) is 18.8 Å². The van der Waals surface area contributed by atoms with Crippen molar-refractivity contribution in [2.45, 2.75) is 77.0 Å². The maximum absolute atomic E-state index is 12.1. The van der Waals surface area contributed by atoms with Crippen LogP contribution in [-0.4, -0.2) is 16.9 Å². The Balaban J connectivity index is 1.96. The molecule has 1 N–H and O–H groups in total. The molecule has 0 aromatic rings. The van der Waals surface area contributed by atoms with Crippen LogP contribution in [0, 0.1) is 11.8 Å². The molecule has 0 atom stereocenters. The van der Waals surface area contributed by atoms with Crippen molar-refractivity contribution in [1.29, 1.82) is 0 Å². The van der Waals surface area contributed by atoms with Crippen molar-refractivity contribution < 1.29 is 14.7 Å². The molecule has 0 heterocycles. The number of rotatable bonds is 11. The van der Waals surface area contributed by atoms with Gasteiger partial charge in [0.2, 0.25) is 0 Å². The Bertz CT molecular complexity index is 327. The number of aliphatic carboxylic acids is 1. The number of carbonyl (C=O) groups is 2. The Kier molecular flexibility index (Phi) is 9.04. The van der Waals surface area contributed by atoms with E-state index in [1.165, 1.54) is 0 Å². The molecule has 0 aliphatic heterocycles. The van der Waals surface area contributed by atoms with E-state index in [0.717, 1.165) is 70.6 Å². The Hall–Kier alpha value is -1.12. The second kappa shape index (κ2) is 10.6. The van der Waals surface area contributed by atoms with E-state index < -0.39 is 5.97 Å². The number of allylic oxidation sites excluding steroid dienone is 1. The lowest BCUT2D eigenvalue weighted by molar-refractivity contribution is -0.137. The third-order valence-corrected chi connectivity index (χ3v) is 4.62. The van der Waals surface area contributed by atoms with E-state index in [2.05, 4.69) is 6.58 Å². The minimum absolute atomic E-state index is 0.284. The van der Waals surface area contributed by atoms with Gasteiger partial charge < -0.3 is 5.11 Å². The molecule has 0 bridgehead atoms. The summed E-state index contributed by atoms with van der Waals surface area (Å²) in [5.74, 6) is 0.687. The van der Waals surface area contributed by atoms with Gasteiger partial charge in [0.05, 0.1) is 0 Å². The molecule has 1 rings (SSSR count). The van der Waals surface area contributed by atoms with E-state index >= 15 is 0 Å². The minimum atomic E-state index is -0.702. The van der Waals surface area contributed by atoms with E-state index in [1.807, 2.05) is 6.08 Å². The van der Waals surface area contributed by atoms with Gasteiger partial charge in [0.1, 0.15) is 5.78 Å². The summed E-state index contributed by atoms with van der Waals surface area (Å²) in [4.78, 5) is 22.5. The molecule has 120 valence electrons. The van der Waals surface area contributed by atoms with E-state index in [9.17, 15) is 9.59 Å². The van der Waals surface area contributed by atoms with Crippen molar-refractivity contribution >= 4 is 11.8 Å². The molecule has 0 radical (unpaired) electrons. The molecule has 3 heteroatoms. The van der Waals surface area contributed by atoms with Crippen LogP contribution in [0.15, 0.2) is 12.7 Å². The number of carbonyl (C=O) groups excluding carboxylic acids is 1. The Morgan fingerprint density at radius 1 is 0.905 bits per heavy atom. The number of carboxylic acids is 1. The van der Waals surface area contributed by atoms with Crippen molar-refractivity contribution in [2.24, 2.45) is 11.8 Å². The van der Waals surface area contributed by atoms with Gasteiger partial charge in [-0.05, 0) is 44.4 Å². The highest BCUT2D eigenvalue weighted by molar-refractivity contribution is 5.81. The van der Waals surface area contributed by atoms with Gasteiger partial charge >= 0.3 is 5.97 Å². The monoisotopic (exact) mass is 294 g/mol. The van der Waals surface area contributed by atoms with E-state index in [1.54, 1.807) is 0 Å². The number of hydrogen-bond donors (Lipinski definition) is 1. The fraction of sp³-hybridized carbons (Fsp3) is 0.778. The lowest BCUT2D eigenvalue weighted by atomic mass is 9.79. The number of carboxylic acid groups (broad SMARTS) is 1. The molecule has 0 unspecified atom stereocenters. The molecule has 0 aromatic heterocycles. The van der Waals surface area contributed by atoms with E-state index in [-0.39, 0.29) is 6.42 Å². The highest BCUT2D eigenvalue weighted by Gasteiger charge is 2.24. The summed E-state index contributed by atoms with van der Waals surface area (Å²) < 4.78 is 0. The van der Waals surface area contributed by atoms with Gasteiger partial charge in [-0.2, -0.15) is 0 Å². The minimum Gasteiger partial charge on any atom is -0.481 e. The zero-order valence-electron chi connectivity index (χ0n) is 13.2. The van der Waals surface area contributed by atoms with Crippen LogP contribution in [0.1, 0.15) is 77.0 Å². The van der Waals surface area contributed by atoms with Crippen LogP contribution in [0.5, 0.6) is 0 Å². The first kappa shape index (κ1) is 17.9. The smallest absolute Gasteiger partial charge is 0.303 e. The zero-order chi connectivity index (χ0) is 15.5. The number of ketones is 1. The van der Waals surface area contributed by atoms with Crippen molar-refractivity contribution in [3.8, 4) is 0 Å². The average Bonchev–Trinajstić information content (AvgIpc) is 2.49. The molecule has 1 saturated carbocycles. The summed E-state index contributed by atoms with van der Waals surface area (Å²) in [7, 11) is 0. The van der Waals surface area contributed by atoms with Gasteiger partial charge in [0.25, 0.3) is 0 Å². The van der Waals surface area contributed by atoms with Gasteiger partial charge in [-0.25, -0.2) is 0 Å². The molecule has 0 amide bonds. The number of Topliss-reactive ketones (excluding diaryl/α,β-unsaturated/α-hetero) is 1. The highest BCUT2D eigenvalue weighted by atomic mass is 16.4. The van der Waals surface area contributed by atoms with Crippen molar-refractivity contribution in [1.82, 2.24) is 0 Å². The third kappa shape index (κ3) is 8.03. The predicted molar refractivity (Wildman–Crippen MR) is 85.2 cm³/mol. The van der Waals surface area contributed by atoms with Crippen molar-refractivity contribution in [2.75, 3.05) is 0 Å². The predicted octanol–water partition coefficient (Wildman–Crippen LogP) is 4.75. The fourth-order valence-corrected chi connectivity index (χ4v) is 3.16. The van der Waals surface area contributed by atoms with Crippen LogP contribution in [0.3, 0.4) is 0 Å². The topological polar surface area (TPSA) is 54.4 Å². The third-order valence-electron chi connectivity index (χ3n) is 4.62. The quantitative estimate of drug-likeness (QED) is 0.442. The van der Waals surface area contributed by atoms with Crippen LogP contribution in [-0.2, 0) is 9.59 Å². The first-order valence-electron chi connectivity index (χ1n) is 8.50. The summed E-state index contributed by atoms with van der Waals surface area (Å²) in [5.41, 5.74) is 0. The van der Waals surface area contributed by atoms with Crippen molar-refractivity contribution in [3.63, 3.8) is 0 Å². The maximum Gasteiger partial charge on any atom is 0.303 e. The highest BCUT2D eigenvalue weighted by Crippen LogP contribution is 2.30. The number of unbranched alkanes of at least 4 members (excludes halogenated alkanes) is 5. The molecular formula is C18H30O3. The van der Waals surface area contributed by atoms with Gasteiger partial charge in [-0.15, -0.1) is 6.58 Å². The molecule has 21 heavy (non-hydrogen) atoms. The van der Waals surface area contributed by atoms with Crippen LogP contribution in [0.2, 0.25) is 0 Å². The molecular weight excluding hydrogens is 264 g/mol. The fourth-order valence-electron chi connectivity index (χ4n) is 3.16. The summed E-state index contributed by atoms with van der Waals surface area (Å²) in [6.07, 6.45) is 13.5. The van der Waals surface area contributed by atoms with Crippen LogP contribution in [0.4, 0.5) is 0 Å². The molecule has 1 aliphatic rings. The standard InChI is InChI=1S/C18H30O3/c1-2-15-11-13-16(14-12-15)17(19)9-7-5-3-4-6-8-10-18(20)21/h2,15-16H,1,3-14H2,(H,20,21). The van der Waals surface area contributed by atoms with Crippen molar-refractivity contribution in [3.05, 3.63) is 12.7 Å². The van der Waals surface area contributed by atoms with Gasteiger partial charge in [-0.1, -0.05) is 31.8 Å². The van der Waals surface area contributed by atoms with Gasteiger partial charge in [0.15, 0.2) is 0 Å². The molecule has 1 aliphatic carbocycles. The Morgan fingerprint density at radius 2 is 1.43 bits per heavy atom. The van der Waals surface area contributed by atoms with Gasteiger partial charge in [-0.3, -0.25) is 9.59 Å². The summed E-state index contributed by atoms with van der Waals surface area (Å²) in [5, 5.41) is 8.53. The van der Waals surface area contributed by atoms with E-state index in [4.69, 9.17) is 5.11 Å². The Morgan fingerprint density at radius 3 is 1.95 bits per heavy atom. The normalized spacial score (nSPS) is 21.9. The maximum atomic E-state index is 12.1. The van der Waals surface area contributed by atoms with Crippen LogP contribution >= 0.6 is 0 Å². The summed E-state index contributed by atoms with van der Waals surface area (Å²) >= 11 is 0. The lowest BCUT2D eigenvalue weighted by Gasteiger charge is -2.25. The van der Waals surface area contributed by atoms with E-state index in [0.29, 0.717) is 17.6 Å². The second-order valence-electron chi connectivity index (χ2n) is 6.33. The second-order valence-corrected chi connectivity index (χ2v) is 6.33. The molecule has 3 nitrogen and oxygen atoms in total. The largest absolute Gasteiger partial charge is 0.481 e. The molecule has 0 spiro atoms. The molecule has 1 fully saturated rings. The zero-order valence-corrected chi connectivity index (χ0v) is 13.2. The molecule has 0 saturated heterocycles. The average molecular weight is 294 g/mol.